The molecule has 2 rings (SSSR count). The van der Waals surface area contributed by atoms with E-state index in [1.807, 2.05) is 0 Å². The molecule has 0 radical (unpaired) electrons. The van der Waals surface area contributed by atoms with Gasteiger partial charge in [0.05, 0.1) is 0 Å². The molecule has 0 aromatic carbocycles. The Morgan fingerprint density at radius 2 is 1.25 bits per heavy atom. The van der Waals surface area contributed by atoms with Crippen molar-refractivity contribution in [1.82, 2.24) is 0 Å². The van der Waals surface area contributed by atoms with E-state index >= 15 is 0 Å². The molecule has 0 aromatic rings. The second kappa shape index (κ2) is 12.8. The number of allylic oxidation sites excluding steroid dienone is 8. The molecule has 2 aliphatic rings. The number of aliphatic hydroxyl groups is 2. The SMILES string of the molecule is C[Si](C)(C1=CC[C-]=C1CCCO)C1=CC[C-]=C1CCCO.[Cl-].[Cl-].[Zr+4]. The zero-order valence-electron chi connectivity index (χ0n) is 14.5. The van der Waals surface area contributed by atoms with E-state index in [-0.39, 0.29) is 64.2 Å². The maximum Gasteiger partial charge on any atom is 4.00 e. The number of aliphatic hydroxyl groups excluding tert-OH is 2. The van der Waals surface area contributed by atoms with Gasteiger partial charge >= 0.3 is 26.2 Å². The van der Waals surface area contributed by atoms with Gasteiger partial charge < -0.3 is 35.0 Å². The van der Waals surface area contributed by atoms with Crippen LogP contribution in [0.4, 0.5) is 0 Å². The van der Waals surface area contributed by atoms with Crippen molar-refractivity contribution in [3.05, 3.63) is 45.8 Å². The smallest absolute Gasteiger partial charge is 1.00 e. The zero-order valence-corrected chi connectivity index (χ0v) is 19.4. The third-order valence-corrected chi connectivity index (χ3v) is 8.12. The molecule has 2 aliphatic carbocycles. The fraction of sp³-hybridized carbons (Fsp3) is 0.556. The third kappa shape index (κ3) is 6.37. The van der Waals surface area contributed by atoms with E-state index in [1.54, 1.807) is 0 Å². The van der Waals surface area contributed by atoms with Crippen LogP contribution in [0.2, 0.25) is 13.1 Å². The average molecular weight is 465 g/mol. The quantitative estimate of drug-likeness (QED) is 0.307. The zero-order chi connectivity index (χ0) is 15.3. The first-order valence-corrected chi connectivity index (χ1v) is 10.9. The van der Waals surface area contributed by atoms with Crippen molar-refractivity contribution in [3.63, 3.8) is 0 Å². The van der Waals surface area contributed by atoms with Crippen molar-refractivity contribution in [2.45, 2.75) is 51.6 Å². The topological polar surface area (TPSA) is 40.5 Å². The minimum Gasteiger partial charge on any atom is -1.00 e. The van der Waals surface area contributed by atoms with E-state index < -0.39 is 8.07 Å². The molecule has 0 spiro atoms. The van der Waals surface area contributed by atoms with Gasteiger partial charge in [0.25, 0.3) is 0 Å². The molecule has 0 unspecified atom stereocenters. The molecule has 2 N–H and O–H groups in total. The molecule has 132 valence electrons. The Labute approximate surface area is 179 Å². The van der Waals surface area contributed by atoms with Gasteiger partial charge in [-0.05, 0) is 12.8 Å². The van der Waals surface area contributed by atoms with Crippen LogP contribution in [-0.2, 0) is 26.2 Å². The molecule has 0 amide bonds. The van der Waals surface area contributed by atoms with Gasteiger partial charge in [-0.3, -0.25) is 12.2 Å². The molecule has 0 saturated heterocycles. The molecule has 2 nitrogen and oxygen atoms in total. The predicted molar refractivity (Wildman–Crippen MR) is 89.0 cm³/mol. The van der Waals surface area contributed by atoms with Crippen LogP contribution in [0.25, 0.3) is 0 Å². The van der Waals surface area contributed by atoms with E-state index in [1.165, 1.54) is 21.5 Å². The van der Waals surface area contributed by atoms with Crippen LogP contribution in [0, 0.1) is 12.2 Å². The number of hydrogen-bond acceptors (Lipinski definition) is 2. The Morgan fingerprint density at radius 1 is 0.875 bits per heavy atom. The van der Waals surface area contributed by atoms with Gasteiger partial charge in [-0.15, -0.1) is 12.8 Å². The van der Waals surface area contributed by atoms with Crippen LogP contribution in [0.3, 0.4) is 0 Å². The second-order valence-corrected chi connectivity index (χ2v) is 10.6. The molecule has 24 heavy (non-hydrogen) atoms. The summed E-state index contributed by atoms with van der Waals surface area (Å²) in [7, 11) is -1.70. The number of hydrogen-bond donors (Lipinski definition) is 2. The summed E-state index contributed by atoms with van der Waals surface area (Å²) in [5.41, 5.74) is 2.66. The number of halogens is 2. The van der Waals surface area contributed by atoms with E-state index in [9.17, 15) is 0 Å². The summed E-state index contributed by atoms with van der Waals surface area (Å²) in [6, 6.07) is 0. The maximum atomic E-state index is 9.07. The van der Waals surface area contributed by atoms with E-state index in [0.29, 0.717) is 0 Å². The molecular weight excluding hydrogens is 438 g/mol. The minimum atomic E-state index is -1.70. The van der Waals surface area contributed by atoms with Gasteiger partial charge in [0, 0.05) is 13.2 Å². The van der Waals surface area contributed by atoms with Crippen LogP contribution in [0.5, 0.6) is 0 Å². The van der Waals surface area contributed by atoms with E-state index in [0.717, 1.165) is 38.5 Å². The van der Waals surface area contributed by atoms with Crippen LogP contribution >= 0.6 is 0 Å². The van der Waals surface area contributed by atoms with Gasteiger partial charge in [0.1, 0.15) is 0 Å². The average Bonchev–Trinajstić information content (AvgIpc) is 3.11. The van der Waals surface area contributed by atoms with Crippen molar-refractivity contribution in [3.8, 4) is 0 Å². The Hall–Kier alpha value is 0.560. The molecule has 0 heterocycles. The predicted octanol–water partition coefficient (Wildman–Crippen LogP) is -2.56. The summed E-state index contributed by atoms with van der Waals surface area (Å²) < 4.78 is 0. The first kappa shape index (κ1) is 26.8. The molecule has 0 fully saturated rings. The minimum absolute atomic E-state index is 0. The van der Waals surface area contributed by atoms with Crippen molar-refractivity contribution in [2.75, 3.05) is 13.2 Å². The van der Waals surface area contributed by atoms with Crippen LogP contribution in [-0.4, -0.2) is 31.5 Å². The summed E-state index contributed by atoms with van der Waals surface area (Å²) >= 11 is 0. The normalized spacial score (nSPS) is 16.2. The Bertz CT molecular complexity index is 467. The summed E-state index contributed by atoms with van der Waals surface area (Å²) in [6.45, 7) is 5.31. The van der Waals surface area contributed by atoms with Crippen molar-refractivity contribution >= 4 is 8.07 Å². The monoisotopic (exact) mass is 462 g/mol. The fourth-order valence-corrected chi connectivity index (χ4v) is 6.81. The van der Waals surface area contributed by atoms with Crippen LogP contribution in [0.1, 0.15) is 38.5 Å². The van der Waals surface area contributed by atoms with E-state index in [4.69, 9.17) is 10.2 Å². The molecule has 0 aliphatic heterocycles. The Balaban J connectivity index is 0. The van der Waals surface area contributed by atoms with Crippen molar-refractivity contribution in [2.24, 2.45) is 0 Å². The van der Waals surface area contributed by atoms with E-state index in [2.05, 4.69) is 37.4 Å². The van der Waals surface area contributed by atoms with Gasteiger partial charge in [0.2, 0.25) is 0 Å². The molecule has 0 saturated carbocycles. The summed E-state index contributed by atoms with van der Waals surface area (Å²) in [5.74, 6) is 0. The second-order valence-electron chi connectivity index (χ2n) is 6.23. The summed E-state index contributed by atoms with van der Waals surface area (Å²) in [4.78, 5) is 0. The van der Waals surface area contributed by atoms with Gasteiger partial charge in [-0.2, -0.15) is 12.2 Å². The van der Waals surface area contributed by atoms with Gasteiger partial charge in [-0.1, -0.05) is 34.0 Å². The third-order valence-electron chi connectivity index (χ3n) is 4.41. The molecule has 0 atom stereocenters. The first-order chi connectivity index (χ1) is 10.1. The largest absolute Gasteiger partial charge is 4.00 e. The molecule has 0 aromatic heterocycles. The molecule has 0 bridgehead atoms. The maximum absolute atomic E-state index is 9.07. The van der Waals surface area contributed by atoms with Crippen LogP contribution < -0.4 is 24.8 Å². The molecule has 6 heteroatoms. The summed E-state index contributed by atoms with van der Waals surface area (Å²) in [6.07, 6.45) is 17.0. The molecular formula is C18H26Cl2O2SiZr. The standard InChI is InChI=1S/C18H26O2Si.2ClH.Zr/c1-21(2,17-11-3-7-15(17)9-5-13-19)18-12-4-8-16(18)10-6-14-20;;;/h11-12,19-20H,3-6,9-10,13-14H2,1-2H3;2*1H;/q-2;;;+4/p-2. The van der Waals surface area contributed by atoms with Crippen molar-refractivity contribution < 1.29 is 61.2 Å². The summed E-state index contributed by atoms with van der Waals surface area (Å²) in [5, 5.41) is 21.1. The van der Waals surface area contributed by atoms with Gasteiger partial charge in [0.15, 0.2) is 0 Å². The fourth-order valence-electron chi connectivity index (χ4n) is 3.36. The van der Waals surface area contributed by atoms with Crippen LogP contribution in [0.15, 0.2) is 33.7 Å². The Morgan fingerprint density at radius 3 is 1.58 bits per heavy atom. The Kier molecular flexibility index (Phi) is 14.3. The van der Waals surface area contributed by atoms with Crippen molar-refractivity contribution in [1.29, 1.82) is 0 Å². The number of rotatable bonds is 8. The first-order valence-electron chi connectivity index (χ1n) is 7.94. The van der Waals surface area contributed by atoms with Gasteiger partial charge in [-0.25, -0.2) is 21.5 Å².